The lowest BCUT2D eigenvalue weighted by atomic mass is 9.88. The fraction of sp³-hybridized carbons (Fsp3) is 0.227. The first-order valence-corrected chi connectivity index (χ1v) is 10.7. The average Bonchev–Trinajstić information content (AvgIpc) is 3.54. The second-order valence-electron chi connectivity index (χ2n) is 7.47. The number of nitrogens with one attached hydrogen (secondary N) is 3. The zero-order valence-electron chi connectivity index (χ0n) is 16.1. The molecule has 3 aromatic heterocycles. The standard InChI is InChI=1S/C22H20N4O3S/c27-20(24-22(10-4-5-11-22)14-7-2-1-3-8-14)16-13-15-18(29-16)19(26-25-15)23-21(28)17-9-6-12-30-17/h1-3,6-9,12-13H,4-5,10-11H2,(H,24,27)(H2,23,25,26,28). The molecule has 3 heterocycles. The molecule has 30 heavy (non-hydrogen) atoms. The topological polar surface area (TPSA) is 100 Å². The van der Waals surface area contributed by atoms with Crippen LogP contribution < -0.4 is 10.6 Å². The van der Waals surface area contributed by atoms with Crippen molar-refractivity contribution in [1.82, 2.24) is 15.5 Å². The van der Waals surface area contributed by atoms with Crippen molar-refractivity contribution in [3.63, 3.8) is 0 Å². The van der Waals surface area contributed by atoms with Crippen LogP contribution in [-0.2, 0) is 5.54 Å². The van der Waals surface area contributed by atoms with Gasteiger partial charge >= 0.3 is 0 Å². The van der Waals surface area contributed by atoms with Crippen molar-refractivity contribution in [2.75, 3.05) is 5.32 Å². The van der Waals surface area contributed by atoms with E-state index in [0.717, 1.165) is 31.2 Å². The van der Waals surface area contributed by atoms with E-state index in [1.165, 1.54) is 11.3 Å². The number of fused-ring (bicyclic) bond motifs is 1. The van der Waals surface area contributed by atoms with Crippen LogP contribution in [0, 0.1) is 0 Å². The molecule has 1 saturated carbocycles. The quantitative estimate of drug-likeness (QED) is 0.437. The van der Waals surface area contributed by atoms with Crippen molar-refractivity contribution in [3.8, 4) is 0 Å². The van der Waals surface area contributed by atoms with E-state index in [2.05, 4.69) is 33.0 Å². The number of carbonyl (C=O) groups excluding carboxylic acids is 2. The van der Waals surface area contributed by atoms with Gasteiger partial charge < -0.3 is 15.1 Å². The van der Waals surface area contributed by atoms with E-state index in [1.54, 1.807) is 18.2 Å². The number of nitrogens with zero attached hydrogens (tertiary/aromatic N) is 1. The van der Waals surface area contributed by atoms with Gasteiger partial charge in [0.05, 0.1) is 10.4 Å². The monoisotopic (exact) mass is 420 g/mol. The molecule has 2 amide bonds. The van der Waals surface area contributed by atoms with Crippen LogP contribution in [0.4, 0.5) is 5.82 Å². The van der Waals surface area contributed by atoms with Gasteiger partial charge in [-0.2, -0.15) is 5.10 Å². The van der Waals surface area contributed by atoms with Gasteiger partial charge in [0, 0.05) is 6.07 Å². The van der Waals surface area contributed by atoms with Crippen LogP contribution in [0.5, 0.6) is 0 Å². The first-order valence-electron chi connectivity index (χ1n) is 9.85. The minimum Gasteiger partial charge on any atom is -0.445 e. The second kappa shape index (κ2) is 7.46. The summed E-state index contributed by atoms with van der Waals surface area (Å²) in [5.74, 6) is -0.0933. The second-order valence-corrected chi connectivity index (χ2v) is 8.41. The Bertz CT molecular complexity index is 1190. The first-order chi connectivity index (χ1) is 14.6. The highest BCUT2D eigenvalue weighted by Gasteiger charge is 2.37. The third-order valence-corrected chi connectivity index (χ3v) is 6.44. The lowest BCUT2D eigenvalue weighted by Gasteiger charge is -2.30. The molecule has 0 unspecified atom stereocenters. The SMILES string of the molecule is O=C(NC1(c2ccccc2)CCCC1)c1cc2[nH]nc(NC(=O)c3cccs3)c2o1. The molecular weight excluding hydrogens is 400 g/mol. The number of anilines is 1. The maximum Gasteiger partial charge on any atom is 0.287 e. The molecule has 7 nitrogen and oxygen atoms in total. The molecule has 0 spiro atoms. The van der Waals surface area contributed by atoms with E-state index in [4.69, 9.17) is 4.42 Å². The summed E-state index contributed by atoms with van der Waals surface area (Å²) in [7, 11) is 0. The highest BCUT2D eigenvalue weighted by molar-refractivity contribution is 7.12. The van der Waals surface area contributed by atoms with Gasteiger partial charge in [-0.05, 0) is 29.9 Å². The van der Waals surface area contributed by atoms with Crippen LogP contribution in [0.3, 0.4) is 0 Å². The fourth-order valence-electron chi connectivity index (χ4n) is 4.09. The van der Waals surface area contributed by atoms with Gasteiger partial charge in [0.25, 0.3) is 11.8 Å². The number of hydrogen-bond donors (Lipinski definition) is 3. The lowest BCUT2D eigenvalue weighted by molar-refractivity contribution is 0.0871. The lowest BCUT2D eigenvalue weighted by Crippen LogP contribution is -2.43. The zero-order chi connectivity index (χ0) is 20.6. The van der Waals surface area contributed by atoms with Gasteiger partial charge in [-0.1, -0.05) is 49.2 Å². The minimum atomic E-state index is -0.382. The number of thiophene rings is 1. The fourth-order valence-corrected chi connectivity index (χ4v) is 4.71. The van der Waals surface area contributed by atoms with Crippen LogP contribution in [0.2, 0.25) is 0 Å². The molecule has 3 N–H and O–H groups in total. The minimum absolute atomic E-state index is 0.187. The number of aromatic amines is 1. The number of rotatable bonds is 5. The van der Waals surface area contributed by atoms with Gasteiger partial charge in [0.1, 0.15) is 5.52 Å². The van der Waals surface area contributed by atoms with Crippen LogP contribution in [-0.4, -0.2) is 22.0 Å². The van der Waals surface area contributed by atoms with Gasteiger partial charge in [-0.25, -0.2) is 0 Å². The number of furan rings is 1. The summed E-state index contributed by atoms with van der Waals surface area (Å²) in [6, 6.07) is 15.2. The smallest absolute Gasteiger partial charge is 0.287 e. The molecule has 5 rings (SSSR count). The third kappa shape index (κ3) is 3.29. The van der Waals surface area contributed by atoms with E-state index < -0.39 is 0 Å². The Labute approximate surface area is 176 Å². The van der Waals surface area contributed by atoms with Crippen molar-refractivity contribution in [2.24, 2.45) is 0 Å². The molecule has 0 aliphatic heterocycles. The molecule has 0 atom stereocenters. The van der Waals surface area contributed by atoms with Crippen LogP contribution in [0.25, 0.3) is 11.1 Å². The van der Waals surface area contributed by atoms with Crippen molar-refractivity contribution in [2.45, 2.75) is 31.2 Å². The first kappa shape index (κ1) is 18.6. The average molecular weight is 420 g/mol. The number of amides is 2. The van der Waals surface area contributed by atoms with Crippen LogP contribution in [0.15, 0.2) is 58.3 Å². The number of hydrogen-bond acceptors (Lipinski definition) is 5. The highest BCUT2D eigenvalue weighted by Crippen LogP contribution is 2.39. The number of H-pyrrole nitrogens is 1. The van der Waals surface area contributed by atoms with E-state index in [9.17, 15) is 9.59 Å². The summed E-state index contributed by atoms with van der Waals surface area (Å²) in [6.07, 6.45) is 3.92. The predicted octanol–water partition coefficient (Wildman–Crippen LogP) is 4.67. The largest absolute Gasteiger partial charge is 0.445 e. The summed E-state index contributed by atoms with van der Waals surface area (Å²) in [6.45, 7) is 0. The third-order valence-electron chi connectivity index (χ3n) is 5.57. The Hall–Kier alpha value is -3.39. The van der Waals surface area contributed by atoms with E-state index in [0.29, 0.717) is 16.0 Å². The van der Waals surface area contributed by atoms with Crippen molar-refractivity contribution >= 4 is 40.1 Å². The molecule has 0 bridgehead atoms. The van der Waals surface area contributed by atoms with Gasteiger partial charge in [-0.3, -0.25) is 14.7 Å². The summed E-state index contributed by atoms with van der Waals surface area (Å²) in [4.78, 5) is 25.9. The van der Waals surface area contributed by atoms with Gasteiger partial charge in [-0.15, -0.1) is 11.3 Å². The number of carbonyl (C=O) groups is 2. The van der Waals surface area contributed by atoms with E-state index in [-0.39, 0.29) is 28.9 Å². The molecular formula is C22H20N4O3S. The van der Waals surface area contributed by atoms with Crippen LogP contribution >= 0.6 is 11.3 Å². The van der Waals surface area contributed by atoms with Crippen molar-refractivity contribution < 1.29 is 14.0 Å². The number of aromatic nitrogens is 2. The predicted molar refractivity (Wildman–Crippen MR) is 115 cm³/mol. The molecule has 1 fully saturated rings. The molecule has 1 aromatic carbocycles. The van der Waals surface area contributed by atoms with E-state index >= 15 is 0 Å². The Morgan fingerprint density at radius 3 is 2.60 bits per heavy atom. The molecule has 0 saturated heterocycles. The van der Waals surface area contributed by atoms with E-state index in [1.807, 2.05) is 23.6 Å². The summed E-state index contributed by atoms with van der Waals surface area (Å²) in [5.41, 5.74) is 1.64. The Morgan fingerprint density at radius 2 is 1.87 bits per heavy atom. The van der Waals surface area contributed by atoms with Gasteiger partial charge in [0.15, 0.2) is 17.2 Å². The summed E-state index contributed by atoms with van der Waals surface area (Å²) >= 11 is 1.34. The summed E-state index contributed by atoms with van der Waals surface area (Å²) in [5, 5.41) is 14.7. The molecule has 0 radical (unpaired) electrons. The maximum absolute atomic E-state index is 13.0. The molecule has 1 aliphatic carbocycles. The van der Waals surface area contributed by atoms with Crippen LogP contribution in [0.1, 0.15) is 51.5 Å². The highest BCUT2D eigenvalue weighted by atomic mass is 32.1. The normalized spacial score (nSPS) is 15.3. The molecule has 1 aliphatic rings. The summed E-state index contributed by atoms with van der Waals surface area (Å²) < 4.78 is 5.79. The Kier molecular flexibility index (Phi) is 4.63. The van der Waals surface area contributed by atoms with Crippen molar-refractivity contribution in [3.05, 3.63) is 70.1 Å². The molecule has 8 heteroatoms. The Balaban J connectivity index is 1.39. The zero-order valence-corrected chi connectivity index (χ0v) is 16.9. The molecule has 152 valence electrons. The van der Waals surface area contributed by atoms with Gasteiger partial charge in [0.2, 0.25) is 0 Å². The molecule has 4 aromatic rings. The maximum atomic E-state index is 13.0. The Morgan fingerprint density at radius 1 is 1.07 bits per heavy atom. The number of benzene rings is 1. The van der Waals surface area contributed by atoms with Crippen molar-refractivity contribution in [1.29, 1.82) is 0 Å².